The fourth-order valence-electron chi connectivity index (χ4n) is 3.82. The first kappa shape index (κ1) is 18.6. The molecule has 2 heterocycles. The average molecular weight is 381 g/mol. The van der Waals surface area contributed by atoms with Gasteiger partial charge < -0.3 is 9.26 Å². The first-order valence-electron chi connectivity index (χ1n) is 9.66. The van der Waals surface area contributed by atoms with Gasteiger partial charge in [-0.1, -0.05) is 41.9 Å². The third kappa shape index (κ3) is 4.22. The molecule has 0 N–H and O–H groups in total. The second kappa shape index (κ2) is 8.52. The highest BCUT2D eigenvalue weighted by atomic mass is 19.1. The number of likely N-dealkylation sites (tertiary alicyclic amines) is 1. The van der Waals surface area contributed by atoms with Crippen molar-refractivity contribution in [1.29, 1.82) is 0 Å². The van der Waals surface area contributed by atoms with Gasteiger partial charge in [0.2, 0.25) is 5.89 Å². The van der Waals surface area contributed by atoms with Crippen molar-refractivity contribution in [1.82, 2.24) is 15.0 Å². The predicted octanol–water partition coefficient (Wildman–Crippen LogP) is 4.54. The van der Waals surface area contributed by atoms with E-state index in [0.29, 0.717) is 36.3 Å². The molecule has 1 saturated heterocycles. The van der Waals surface area contributed by atoms with Crippen LogP contribution in [0.5, 0.6) is 5.75 Å². The van der Waals surface area contributed by atoms with Gasteiger partial charge in [0, 0.05) is 12.5 Å². The Morgan fingerprint density at radius 1 is 1.18 bits per heavy atom. The summed E-state index contributed by atoms with van der Waals surface area (Å²) in [5, 5.41) is 4.04. The number of hydrogen-bond donors (Lipinski definition) is 0. The number of ether oxygens (including phenoxy) is 1. The molecule has 0 bridgehead atoms. The van der Waals surface area contributed by atoms with Crippen LogP contribution in [0.25, 0.3) is 0 Å². The molecule has 146 valence electrons. The highest BCUT2D eigenvalue weighted by Gasteiger charge is 2.26. The Bertz CT molecular complexity index is 927. The number of rotatable bonds is 6. The Balaban J connectivity index is 1.48. The maximum atomic E-state index is 13.9. The predicted molar refractivity (Wildman–Crippen MR) is 104 cm³/mol. The van der Waals surface area contributed by atoms with Crippen LogP contribution in [0.3, 0.4) is 0 Å². The lowest BCUT2D eigenvalue weighted by Crippen LogP contribution is -2.33. The van der Waals surface area contributed by atoms with Gasteiger partial charge in [0.25, 0.3) is 0 Å². The summed E-state index contributed by atoms with van der Waals surface area (Å²) < 4.78 is 24.7. The highest BCUT2D eigenvalue weighted by Crippen LogP contribution is 2.33. The second-order valence-corrected chi connectivity index (χ2v) is 7.13. The molecule has 3 aromatic rings. The normalized spacial score (nSPS) is 17.6. The number of halogens is 1. The zero-order valence-corrected chi connectivity index (χ0v) is 16.0. The quantitative estimate of drug-likeness (QED) is 0.628. The smallest absolute Gasteiger partial charge is 0.240 e. The van der Waals surface area contributed by atoms with E-state index in [9.17, 15) is 4.39 Å². The largest absolute Gasteiger partial charge is 0.497 e. The minimum absolute atomic E-state index is 0.247. The monoisotopic (exact) mass is 381 g/mol. The van der Waals surface area contributed by atoms with Gasteiger partial charge in [0.05, 0.1) is 13.7 Å². The Labute approximate surface area is 164 Å². The Kier molecular flexibility index (Phi) is 5.67. The van der Waals surface area contributed by atoms with Crippen molar-refractivity contribution in [3.63, 3.8) is 0 Å². The van der Waals surface area contributed by atoms with Gasteiger partial charge in [-0.15, -0.1) is 0 Å². The minimum atomic E-state index is -0.247. The van der Waals surface area contributed by atoms with Crippen molar-refractivity contribution in [2.24, 2.45) is 0 Å². The summed E-state index contributed by atoms with van der Waals surface area (Å²) in [6.45, 7) is 1.57. The number of hydrogen-bond acceptors (Lipinski definition) is 5. The summed E-state index contributed by atoms with van der Waals surface area (Å²) in [6.07, 6.45) is 3.76. The molecule has 0 saturated carbocycles. The molecule has 0 radical (unpaired) electrons. The minimum Gasteiger partial charge on any atom is -0.497 e. The molecule has 4 rings (SSSR count). The van der Waals surface area contributed by atoms with E-state index in [1.165, 1.54) is 18.1 Å². The molecule has 6 heteroatoms. The van der Waals surface area contributed by atoms with E-state index in [-0.39, 0.29) is 5.82 Å². The SMILES string of the molecule is COc1cccc([C@@H]2CCCCN2Cc2nc(Cc3ccccc3F)no2)c1. The van der Waals surface area contributed by atoms with Crippen molar-refractivity contribution < 1.29 is 13.7 Å². The van der Waals surface area contributed by atoms with Crippen molar-refractivity contribution in [3.8, 4) is 5.75 Å². The van der Waals surface area contributed by atoms with E-state index in [1.807, 2.05) is 18.2 Å². The van der Waals surface area contributed by atoms with Crippen molar-refractivity contribution in [2.75, 3.05) is 13.7 Å². The van der Waals surface area contributed by atoms with Crippen LogP contribution in [0.4, 0.5) is 4.39 Å². The Hall–Kier alpha value is -2.73. The molecule has 0 aliphatic carbocycles. The lowest BCUT2D eigenvalue weighted by molar-refractivity contribution is 0.123. The molecular formula is C22H24FN3O2. The Morgan fingerprint density at radius 2 is 2.07 bits per heavy atom. The molecule has 2 aromatic carbocycles. The number of nitrogens with zero attached hydrogens (tertiary/aromatic N) is 3. The summed E-state index contributed by atoms with van der Waals surface area (Å²) in [7, 11) is 1.69. The van der Waals surface area contributed by atoms with E-state index in [1.54, 1.807) is 19.2 Å². The molecule has 1 aliphatic rings. The average Bonchev–Trinajstić information content (AvgIpc) is 3.17. The third-order valence-corrected chi connectivity index (χ3v) is 5.25. The molecule has 0 amide bonds. The first-order valence-corrected chi connectivity index (χ1v) is 9.66. The summed E-state index contributed by atoms with van der Waals surface area (Å²) >= 11 is 0. The van der Waals surface area contributed by atoms with Gasteiger partial charge in [-0.3, -0.25) is 4.90 Å². The van der Waals surface area contributed by atoms with Crippen LogP contribution in [0.2, 0.25) is 0 Å². The molecule has 1 atom stereocenters. The number of aromatic nitrogens is 2. The Morgan fingerprint density at radius 3 is 2.93 bits per heavy atom. The van der Waals surface area contributed by atoms with Gasteiger partial charge in [0.15, 0.2) is 5.82 Å². The number of piperidine rings is 1. The summed E-state index contributed by atoms with van der Waals surface area (Å²) in [4.78, 5) is 6.87. The van der Waals surface area contributed by atoms with Gasteiger partial charge in [-0.25, -0.2) is 4.39 Å². The first-order chi connectivity index (χ1) is 13.7. The zero-order chi connectivity index (χ0) is 19.3. The maximum absolute atomic E-state index is 13.9. The van der Waals surface area contributed by atoms with Crippen LogP contribution in [0, 0.1) is 5.82 Å². The van der Waals surface area contributed by atoms with E-state index < -0.39 is 0 Å². The van der Waals surface area contributed by atoms with Crippen LogP contribution >= 0.6 is 0 Å². The van der Waals surface area contributed by atoms with Crippen molar-refractivity contribution in [2.45, 2.75) is 38.3 Å². The highest BCUT2D eigenvalue weighted by molar-refractivity contribution is 5.31. The van der Waals surface area contributed by atoms with E-state index in [4.69, 9.17) is 9.26 Å². The van der Waals surface area contributed by atoms with E-state index in [2.05, 4.69) is 27.2 Å². The van der Waals surface area contributed by atoms with Crippen LogP contribution in [-0.2, 0) is 13.0 Å². The van der Waals surface area contributed by atoms with Crippen LogP contribution in [0.15, 0.2) is 53.1 Å². The van der Waals surface area contributed by atoms with Crippen molar-refractivity contribution >= 4 is 0 Å². The standard InChI is InChI=1S/C22H24FN3O2/c1-27-18-9-6-8-17(13-18)20-11-4-5-12-26(20)15-22-24-21(25-28-22)14-16-7-2-3-10-19(16)23/h2-3,6-10,13,20H,4-5,11-12,14-15H2,1H3/t20-/m0/s1. The molecule has 0 unspecified atom stereocenters. The van der Waals surface area contributed by atoms with Gasteiger partial charge in [0.1, 0.15) is 11.6 Å². The zero-order valence-electron chi connectivity index (χ0n) is 16.0. The van der Waals surface area contributed by atoms with E-state index >= 15 is 0 Å². The topological polar surface area (TPSA) is 51.4 Å². The fourth-order valence-corrected chi connectivity index (χ4v) is 3.82. The van der Waals surface area contributed by atoms with Gasteiger partial charge in [-0.2, -0.15) is 4.98 Å². The number of benzene rings is 2. The molecule has 5 nitrogen and oxygen atoms in total. The molecule has 1 fully saturated rings. The summed E-state index contributed by atoms with van der Waals surface area (Å²) in [6, 6.07) is 15.2. The third-order valence-electron chi connectivity index (χ3n) is 5.25. The van der Waals surface area contributed by atoms with Crippen molar-refractivity contribution in [3.05, 3.63) is 77.2 Å². The van der Waals surface area contributed by atoms with Gasteiger partial charge >= 0.3 is 0 Å². The van der Waals surface area contributed by atoms with Crippen LogP contribution in [-0.4, -0.2) is 28.7 Å². The van der Waals surface area contributed by atoms with Gasteiger partial charge in [-0.05, 0) is 48.7 Å². The second-order valence-electron chi connectivity index (χ2n) is 7.13. The summed E-state index contributed by atoms with van der Waals surface area (Å²) in [5.41, 5.74) is 1.81. The van der Waals surface area contributed by atoms with Crippen LogP contribution < -0.4 is 4.74 Å². The maximum Gasteiger partial charge on any atom is 0.240 e. The van der Waals surface area contributed by atoms with E-state index in [0.717, 1.165) is 25.1 Å². The summed E-state index contributed by atoms with van der Waals surface area (Å²) in [5.74, 6) is 1.70. The molecule has 1 aromatic heterocycles. The molecule has 0 spiro atoms. The molecule has 1 aliphatic heterocycles. The lowest BCUT2D eigenvalue weighted by atomic mass is 9.95. The number of methoxy groups -OCH3 is 1. The lowest BCUT2D eigenvalue weighted by Gasteiger charge is -2.35. The van der Waals surface area contributed by atoms with Crippen LogP contribution in [0.1, 0.15) is 48.1 Å². The fraction of sp³-hybridized carbons (Fsp3) is 0.364. The molecular weight excluding hydrogens is 357 g/mol. The molecule has 28 heavy (non-hydrogen) atoms.